The van der Waals surface area contributed by atoms with Gasteiger partial charge in [-0.15, -0.1) is 0 Å². The second kappa shape index (κ2) is 10.1. The van der Waals surface area contributed by atoms with Gasteiger partial charge in [0.2, 0.25) is 0 Å². The SMILES string of the molecule is CC[C@H]1C[C@@H](n2c(Br)c(C(=O)N[C@H](C)c3ccccc3)c3c(N)ncnc32)CN1C(=O)OC(C)(C)C. The molecule has 0 aliphatic carbocycles. The molecular formula is C26H33BrN6O3. The first-order chi connectivity index (χ1) is 17.0. The Morgan fingerprint density at radius 2 is 1.94 bits per heavy atom. The number of nitrogens with one attached hydrogen (secondary N) is 1. The molecule has 3 atom stereocenters. The van der Waals surface area contributed by atoms with Crippen LogP contribution in [0.3, 0.4) is 0 Å². The zero-order valence-electron chi connectivity index (χ0n) is 21.3. The molecule has 3 aromatic rings. The fourth-order valence-electron chi connectivity index (χ4n) is 4.77. The van der Waals surface area contributed by atoms with E-state index < -0.39 is 5.60 Å². The van der Waals surface area contributed by atoms with Gasteiger partial charge in [0, 0.05) is 12.6 Å². The number of anilines is 1. The quantitative estimate of drug-likeness (QED) is 0.444. The topological polar surface area (TPSA) is 115 Å². The summed E-state index contributed by atoms with van der Waals surface area (Å²) in [7, 11) is 0. The summed E-state index contributed by atoms with van der Waals surface area (Å²) in [4.78, 5) is 36.9. The van der Waals surface area contributed by atoms with E-state index in [-0.39, 0.29) is 35.9 Å². The van der Waals surface area contributed by atoms with Gasteiger partial charge in [-0.3, -0.25) is 4.79 Å². The molecule has 1 aliphatic heterocycles. The number of hydrogen-bond donors (Lipinski definition) is 2. The van der Waals surface area contributed by atoms with Crippen molar-refractivity contribution in [1.82, 2.24) is 24.8 Å². The third kappa shape index (κ3) is 5.04. The zero-order chi connectivity index (χ0) is 26.2. The van der Waals surface area contributed by atoms with Crippen molar-refractivity contribution in [2.75, 3.05) is 12.3 Å². The highest BCUT2D eigenvalue weighted by molar-refractivity contribution is 9.10. The number of ether oxygens (including phenoxy) is 1. The molecule has 0 radical (unpaired) electrons. The summed E-state index contributed by atoms with van der Waals surface area (Å²) >= 11 is 3.68. The van der Waals surface area contributed by atoms with Crippen LogP contribution < -0.4 is 11.1 Å². The lowest BCUT2D eigenvalue weighted by atomic mass is 10.1. The Labute approximate surface area is 219 Å². The van der Waals surface area contributed by atoms with E-state index in [1.54, 1.807) is 4.90 Å². The van der Waals surface area contributed by atoms with Gasteiger partial charge in [-0.25, -0.2) is 14.8 Å². The van der Waals surface area contributed by atoms with Gasteiger partial charge < -0.3 is 25.3 Å². The van der Waals surface area contributed by atoms with Gasteiger partial charge in [0.1, 0.15) is 28.0 Å². The molecule has 0 spiro atoms. The molecule has 1 aliphatic rings. The van der Waals surface area contributed by atoms with Gasteiger partial charge in [-0.1, -0.05) is 37.3 Å². The summed E-state index contributed by atoms with van der Waals surface area (Å²) in [5.41, 5.74) is 7.61. The number of carbonyl (C=O) groups is 2. The number of nitrogens with zero attached hydrogens (tertiary/aromatic N) is 4. The number of nitrogen functional groups attached to an aromatic ring is 1. The fourth-order valence-corrected chi connectivity index (χ4v) is 5.61. The van der Waals surface area contributed by atoms with Gasteiger partial charge in [0.25, 0.3) is 5.91 Å². The Morgan fingerprint density at radius 1 is 1.25 bits per heavy atom. The van der Waals surface area contributed by atoms with Crippen LogP contribution in [-0.2, 0) is 4.74 Å². The van der Waals surface area contributed by atoms with E-state index in [4.69, 9.17) is 10.5 Å². The molecule has 0 unspecified atom stereocenters. The van der Waals surface area contributed by atoms with E-state index in [9.17, 15) is 9.59 Å². The lowest BCUT2D eigenvalue weighted by molar-refractivity contribution is 0.0219. The van der Waals surface area contributed by atoms with Crippen molar-refractivity contribution in [2.45, 2.75) is 71.2 Å². The van der Waals surface area contributed by atoms with E-state index in [0.29, 0.717) is 34.2 Å². The maximum absolute atomic E-state index is 13.5. The minimum Gasteiger partial charge on any atom is -0.444 e. The Morgan fingerprint density at radius 3 is 2.58 bits per heavy atom. The molecular weight excluding hydrogens is 524 g/mol. The molecule has 2 aromatic heterocycles. The van der Waals surface area contributed by atoms with Crippen molar-refractivity contribution in [3.8, 4) is 0 Å². The summed E-state index contributed by atoms with van der Waals surface area (Å²) < 4.78 is 8.18. The molecule has 10 heteroatoms. The normalized spacial score (nSPS) is 18.9. The van der Waals surface area contributed by atoms with Crippen molar-refractivity contribution in [1.29, 1.82) is 0 Å². The van der Waals surface area contributed by atoms with E-state index in [2.05, 4.69) is 38.1 Å². The third-order valence-electron chi connectivity index (χ3n) is 6.48. The maximum atomic E-state index is 13.5. The van der Waals surface area contributed by atoms with Crippen molar-refractivity contribution < 1.29 is 14.3 Å². The number of likely N-dealkylation sites (tertiary alicyclic amines) is 1. The largest absolute Gasteiger partial charge is 0.444 e. The summed E-state index contributed by atoms with van der Waals surface area (Å²) in [5.74, 6) is -0.0523. The number of benzene rings is 1. The van der Waals surface area contributed by atoms with E-state index in [1.807, 2.05) is 62.6 Å². The lowest BCUT2D eigenvalue weighted by Crippen LogP contribution is -2.39. The molecule has 3 N–H and O–H groups in total. The number of aromatic nitrogens is 3. The van der Waals surface area contributed by atoms with Crippen LogP contribution in [0.4, 0.5) is 10.6 Å². The molecule has 1 saturated heterocycles. The molecule has 0 saturated carbocycles. The van der Waals surface area contributed by atoms with Crippen LogP contribution >= 0.6 is 15.9 Å². The standard InChI is InChI=1S/C26H33BrN6O3/c1-6-17-12-18(13-32(17)25(35)36-26(3,4)5)33-21(27)19(20-22(28)29-14-30-23(20)33)24(34)31-15(2)16-10-8-7-9-11-16/h7-11,14-15,17-18H,6,12-13H2,1-5H3,(H,31,34)(H2,28,29,30)/t15-,17+,18-/m1/s1. The molecule has 3 heterocycles. The second-order valence-corrected chi connectivity index (χ2v) is 10.9. The average Bonchev–Trinajstić information content (AvgIpc) is 3.37. The number of halogens is 1. The number of nitrogens with two attached hydrogens (primary N) is 1. The summed E-state index contributed by atoms with van der Waals surface area (Å²) in [5, 5.41) is 3.56. The van der Waals surface area contributed by atoms with Crippen LogP contribution in [0, 0.1) is 0 Å². The van der Waals surface area contributed by atoms with Gasteiger partial charge in [-0.05, 0) is 62.0 Å². The van der Waals surface area contributed by atoms with Crippen LogP contribution in [0.1, 0.15) is 75.5 Å². The van der Waals surface area contributed by atoms with Gasteiger partial charge >= 0.3 is 6.09 Å². The van der Waals surface area contributed by atoms with Gasteiger partial charge in [-0.2, -0.15) is 0 Å². The predicted octanol–water partition coefficient (Wildman–Crippen LogP) is 5.23. The molecule has 36 heavy (non-hydrogen) atoms. The highest BCUT2D eigenvalue weighted by Gasteiger charge is 2.40. The van der Waals surface area contributed by atoms with E-state index in [0.717, 1.165) is 12.0 Å². The molecule has 9 nitrogen and oxygen atoms in total. The lowest BCUT2D eigenvalue weighted by Gasteiger charge is -2.28. The molecule has 192 valence electrons. The van der Waals surface area contributed by atoms with Crippen LogP contribution in [0.15, 0.2) is 41.3 Å². The van der Waals surface area contributed by atoms with Crippen LogP contribution in [0.5, 0.6) is 0 Å². The van der Waals surface area contributed by atoms with Gasteiger partial charge in [0.05, 0.1) is 23.0 Å². The first-order valence-electron chi connectivity index (χ1n) is 12.2. The number of carbonyl (C=O) groups excluding carboxylic acids is 2. The number of amides is 2. The van der Waals surface area contributed by atoms with E-state index in [1.165, 1.54) is 6.33 Å². The number of rotatable bonds is 5. The molecule has 0 bridgehead atoms. The van der Waals surface area contributed by atoms with Crippen molar-refractivity contribution in [3.05, 3.63) is 52.4 Å². The highest BCUT2D eigenvalue weighted by atomic mass is 79.9. The van der Waals surface area contributed by atoms with Crippen LogP contribution in [0.2, 0.25) is 0 Å². The Bertz CT molecular complexity index is 1270. The molecule has 1 fully saturated rings. The minimum atomic E-state index is -0.587. The maximum Gasteiger partial charge on any atom is 0.410 e. The first kappa shape index (κ1) is 25.9. The predicted molar refractivity (Wildman–Crippen MR) is 143 cm³/mol. The zero-order valence-corrected chi connectivity index (χ0v) is 22.9. The number of hydrogen-bond acceptors (Lipinski definition) is 6. The second-order valence-electron chi connectivity index (χ2n) is 10.2. The Kier molecular flexibility index (Phi) is 7.26. The van der Waals surface area contributed by atoms with Crippen molar-refractivity contribution in [3.63, 3.8) is 0 Å². The van der Waals surface area contributed by atoms with E-state index >= 15 is 0 Å². The Hall–Kier alpha value is -3.14. The summed E-state index contributed by atoms with van der Waals surface area (Å²) in [6.45, 7) is 9.99. The average molecular weight is 557 g/mol. The molecule has 2 amide bonds. The first-order valence-corrected chi connectivity index (χ1v) is 13.0. The third-order valence-corrected chi connectivity index (χ3v) is 7.26. The Balaban J connectivity index is 1.71. The summed E-state index contributed by atoms with van der Waals surface area (Å²) in [6.07, 6.45) is 2.54. The van der Waals surface area contributed by atoms with Crippen molar-refractivity contribution in [2.24, 2.45) is 0 Å². The highest BCUT2D eigenvalue weighted by Crippen LogP contribution is 2.40. The van der Waals surface area contributed by atoms with Crippen LogP contribution in [0.25, 0.3) is 11.0 Å². The molecule has 1 aromatic carbocycles. The molecule has 4 rings (SSSR count). The smallest absolute Gasteiger partial charge is 0.410 e. The fraction of sp³-hybridized carbons (Fsp3) is 0.462. The monoisotopic (exact) mass is 556 g/mol. The number of fused-ring (bicyclic) bond motifs is 1. The summed E-state index contributed by atoms with van der Waals surface area (Å²) in [6, 6.07) is 9.41. The minimum absolute atomic E-state index is 0.00348. The van der Waals surface area contributed by atoms with Crippen molar-refractivity contribution >= 4 is 44.8 Å². The van der Waals surface area contributed by atoms with Crippen LogP contribution in [-0.4, -0.2) is 49.6 Å². The van der Waals surface area contributed by atoms with Gasteiger partial charge in [0.15, 0.2) is 0 Å².